The highest BCUT2D eigenvalue weighted by molar-refractivity contribution is 5.84. The molecule has 0 saturated heterocycles. The van der Waals surface area contributed by atoms with Gasteiger partial charge in [-0.25, -0.2) is 10.4 Å². The minimum Gasteiger partial charge on any atom is -0.496 e. The second kappa shape index (κ2) is 9.00. The second-order valence-corrected chi connectivity index (χ2v) is 5.94. The van der Waals surface area contributed by atoms with Crippen molar-refractivity contribution < 1.29 is 22.6 Å². The van der Waals surface area contributed by atoms with E-state index in [0.29, 0.717) is 5.56 Å². The van der Waals surface area contributed by atoms with Crippen molar-refractivity contribution in [2.24, 2.45) is 5.10 Å². The third-order valence-corrected chi connectivity index (χ3v) is 3.89. The Morgan fingerprint density at radius 2 is 1.97 bits per heavy atom. The van der Waals surface area contributed by atoms with Gasteiger partial charge in [0.05, 0.1) is 19.0 Å². The topological polar surface area (TPSA) is 112 Å². The molecule has 11 heteroatoms. The van der Waals surface area contributed by atoms with Crippen LogP contribution in [0.25, 0.3) is 11.3 Å². The van der Waals surface area contributed by atoms with Gasteiger partial charge < -0.3 is 9.47 Å². The van der Waals surface area contributed by atoms with Gasteiger partial charge in [0.25, 0.3) is 5.56 Å². The number of aromatic amines is 1. The summed E-state index contributed by atoms with van der Waals surface area (Å²) in [4.78, 5) is 18.8. The number of nitriles is 1. The molecule has 0 aliphatic carbocycles. The number of hydrazone groups is 1. The molecule has 8 nitrogen and oxygen atoms in total. The maximum Gasteiger partial charge on any atom is 0.573 e. The molecule has 0 bridgehead atoms. The van der Waals surface area contributed by atoms with Crippen molar-refractivity contribution >= 4 is 12.2 Å². The van der Waals surface area contributed by atoms with E-state index in [4.69, 9.17) is 4.74 Å². The number of hydrogen-bond donors (Lipinski definition) is 2. The number of rotatable bonds is 6. The fourth-order valence-corrected chi connectivity index (χ4v) is 2.61. The first-order valence-corrected chi connectivity index (χ1v) is 8.63. The van der Waals surface area contributed by atoms with Crippen LogP contribution in [0.1, 0.15) is 11.1 Å². The van der Waals surface area contributed by atoms with Gasteiger partial charge in [-0.05, 0) is 18.2 Å². The van der Waals surface area contributed by atoms with E-state index in [1.165, 1.54) is 19.4 Å². The minimum atomic E-state index is -4.85. The maximum absolute atomic E-state index is 12.4. The van der Waals surface area contributed by atoms with Crippen LogP contribution >= 0.6 is 0 Å². The van der Waals surface area contributed by atoms with Crippen molar-refractivity contribution in [3.63, 3.8) is 0 Å². The molecule has 0 aliphatic heterocycles. The lowest BCUT2D eigenvalue weighted by molar-refractivity contribution is -0.274. The van der Waals surface area contributed by atoms with Crippen molar-refractivity contribution in [2.75, 3.05) is 12.5 Å². The third kappa shape index (κ3) is 5.39. The zero-order chi connectivity index (χ0) is 22.4. The number of nitrogens with zero attached hydrogens (tertiary/aromatic N) is 3. The van der Waals surface area contributed by atoms with Crippen LogP contribution in [0, 0.1) is 11.3 Å². The van der Waals surface area contributed by atoms with Gasteiger partial charge in [-0.1, -0.05) is 30.3 Å². The van der Waals surface area contributed by atoms with Crippen LogP contribution in [0.2, 0.25) is 0 Å². The zero-order valence-electron chi connectivity index (χ0n) is 15.9. The Morgan fingerprint density at radius 1 is 1.23 bits per heavy atom. The van der Waals surface area contributed by atoms with Crippen LogP contribution in [0.3, 0.4) is 0 Å². The summed E-state index contributed by atoms with van der Waals surface area (Å²) in [6.07, 6.45) is -3.68. The third-order valence-electron chi connectivity index (χ3n) is 3.89. The van der Waals surface area contributed by atoms with Gasteiger partial charge in [0.15, 0.2) is 0 Å². The predicted molar refractivity (Wildman–Crippen MR) is 106 cm³/mol. The molecule has 0 unspecified atom stereocenters. The molecule has 0 radical (unpaired) electrons. The van der Waals surface area contributed by atoms with E-state index in [2.05, 4.69) is 25.2 Å². The number of ether oxygens (including phenoxy) is 2. The molecule has 2 aromatic carbocycles. The number of hydrogen-bond acceptors (Lipinski definition) is 7. The fraction of sp³-hybridized carbons (Fsp3) is 0.100. The molecule has 0 atom stereocenters. The number of halogens is 3. The fourth-order valence-electron chi connectivity index (χ4n) is 2.61. The number of anilines is 1. The van der Waals surface area contributed by atoms with Crippen molar-refractivity contribution in [1.82, 2.24) is 9.97 Å². The molecule has 0 amide bonds. The van der Waals surface area contributed by atoms with Crippen LogP contribution < -0.4 is 20.5 Å². The summed E-state index contributed by atoms with van der Waals surface area (Å²) >= 11 is 0. The van der Waals surface area contributed by atoms with E-state index < -0.39 is 17.7 Å². The summed E-state index contributed by atoms with van der Waals surface area (Å²) in [5, 5.41) is 13.2. The zero-order valence-corrected chi connectivity index (χ0v) is 15.9. The van der Waals surface area contributed by atoms with Gasteiger partial charge >= 0.3 is 6.36 Å². The molecule has 2 N–H and O–H groups in total. The number of methoxy groups -OCH3 is 1. The Labute approximate surface area is 173 Å². The number of nitrogens with one attached hydrogen (secondary N) is 2. The van der Waals surface area contributed by atoms with Crippen molar-refractivity contribution in [1.29, 1.82) is 5.26 Å². The summed E-state index contributed by atoms with van der Waals surface area (Å²) in [5.41, 5.74) is 2.53. The SMILES string of the molecule is COc1ccc(OC(F)(F)F)cc1C=NNc1nc(-c2ccccc2)c(C#N)c(=O)[nH]1. The Balaban J connectivity index is 1.89. The lowest BCUT2D eigenvalue weighted by Crippen LogP contribution is -2.17. The molecule has 0 aliphatic rings. The van der Waals surface area contributed by atoms with Crippen LogP contribution in [-0.4, -0.2) is 29.7 Å². The smallest absolute Gasteiger partial charge is 0.496 e. The number of alkyl halides is 3. The van der Waals surface area contributed by atoms with Crippen molar-refractivity contribution in [3.05, 3.63) is 70.0 Å². The lowest BCUT2D eigenvalue weighted by atomic mass is 10.1. The van der Waals surface area contributed by atoms with Gasteiger partial charge in [0.1, 0.15) is 23.1 Å². The molecule has 3 aromatic rings. The second-order valence-electron chi connectivity index (χ2n) is 5.94. The van der Waals surface area contributed by atoms with E-state index in [0.717, 1.165) is 12.1 Å². The Morgan fingerprint density at radius 3 is 2.61 bits per heavy atom. The van der Waals surface area contributed by atoms with Crippen LogP contribution in [-0.2, 0) is 0 Å². The molecule has 0 saturated carbocycles. The summed E-state index contributed by atoms with van der Waals surface area (Å²) in [5.74, 6) is -0.280. The Bertz CT molecular complexity index is 1200. The average molecular weight is 429 g/mol. The molecule has 31 heavy (non-hydrogen) atoms. The van der Waals surface area contributed by atoms with Gasteiger partial charge in [0, 0.05) is 11.1 Å². The summed E-state index contributed by atoms with van der Waals surface area (Å²) < 4.78 is 46.3. The van der Waals surface area contributed by atoms with Crippen LogP contribution in [0.4, 0.5) is 19.1 Å². The first kappa shape index (κ1) is 21.4. The average Bonchev–Trinajstić information content (AvgIpc) is 2.73. The van der Waals surface area contributed by atoms with Gasteiger partial charge in [0.2, 0.25) is 5.95 Å². The van der Waals surface area contributed by atoms with Crippen LogP contribution in [0.5, 0.6) is 11.5 Å². The van der Waals surface area contributed by atoms with E-state index in [1.807, 2.05) is 6.07 Å². The molecule has 0 spiro atoms. The first-order chi connectivity index (χ1) is 14.8. The molecular formula is C20H14F3N5O3. The maximum atomic E-state index is 12.4. The molecule has 3 rings (SSSR count). The Kier molecular flexibility index (Phi) is 6.21. The van der Waals surface area contributed by atoms with E-state index in [9.17, 15) is 23.2 Å². The van der Waals surface area contributed by atoms with Gasteiger partial charge in [-0.2, -0.15) is 10.4 Å². The van der Waals surface area contributed by atoms with Crippen molar-refractivity contribution in [2.45, 2.75) is 6.36 Å². The van der Waals surface area contributed by atoms with Crippen molar-refractivity contribution in [3.8, 4) is 28.8 Å². The highest BCUT2D eigenvalue weighted by Gasteiger charge is 2.31. The number of H-pyrrole nitrogens is 1. The predicted octanol–water partition coefficient (Wildman–Crippen LogP) is 3.66. The monoisotopic (exact) mass is 429 g/mol. The molecule has 1 heterocycles. The number of aromatic nitrogens is 2. The minimum absolute atomic E-state index is 0.0687. The van der Waals surface area contributed by atoms with E-state index >= 15 is 0 Å². The summed E-state index contributed by atoms with van der Waals surface area (Å²) in [7, 11) is 1.34. The van der Waals surface area contributed by atoms with Gasteiger partial charge in [-0.15, -0.1) is 13.2 Å². The molecule has 158 valence electrons. The highest BCUT2D eigenvalue weighted by atomic mass is 19.4. The first-order valence-electron chi connectivity index (χ1n) is 8.63. The van der Waals surface area contributed by atoms with E-state index in [-0.39, 0.29) is 28.5 Å². The van der Waals surface area contributed by atoms with Crippen LogP contribution in [0.15, 0.2) is 58.4 Å². The quantitative estimate of drug-likeness (QED) is 0.457. The molecule has 1 aromatic heterocycles. The summed E-state index contributed by atoms with van der Waals surface area (Å²) in [6, 6.07) is 13.9. The standard InChI is InChI=1S/C20H14F3N5O3/c1-30-16-8-7-14(31-20(21,22)23)9-13(16)11-25-28-19-26-17(12-5-3-2-4-6-12)15(10-24)18(29)27-19/h2-9,11H,1H3,(H2,26,27,28,29). The largest absolute Gasteiger partial charge is 0.573 e. The number of benzene rings is 2. The molecule has 0 fully saturated rings. The Hall–Kier alpha value is -4.33. The van der Waals surface area contributed by atoms with E-state index in [1.54, 1.807) is 30.3 Å². The van der Waals surface area contributed by atoms with Gasteiger partial charge in [-0.3, -0.25) is 9.78 Å². The summed E-state index contributed by atoms with van der Waals surface area (Å²) in [6.45, 7) is 0. The normalized spacial score (nSPS) is 11.2. The lowest BCUT2D eigenvalue weighted by Gasteiger charge is -2.11. The highest BCUT2D eigenvalue weighted by Crippen LogP contribution is 2.27. The molecular weight excluding hydrogens is 415 g/mol.